The van der Waals surface area contributed by atoms with Gasteiger partial charge in [-0.3, -0.25) is 9.63 Å². The highest BCUT2D eigenvalue weighted by Crippen LogP contribution is 2.12. The van der Waals surface area contributed by atoms with Crippen molar-refractivity contribution >= 4 is 11.9 Å². The molecule has 0 unspecified atom stereocenters. The van der Waals surface area contributed by atoms with E-state index in [1.807, 2.05) is 0 Å². The molecular formula is C9H15NO4. The van der Waals surface area contributed by atoms with Crippen LogP contribution in [0.15, 0.2) is 0 Å². The molecule has 14 heavy (non-hydrogen) atoms. The van der Waals surface area contributed by atoms with Crippen molar-refractivity contribution in [3.05, 3.63) is 0 Å². The first-order valence-electron chi connectivity index (χ1n) is 4.53. The van der Waals surface area contributed by atoms with Crippen LogP contribution in [-0.2, 0) is 14.4 Å². The van der Waals surface area contributed by atoms with Crippen molar-refractivity contribution in [3.63, 3.8) is 0 Å². The predicted molar refractivity (Wildman–Crippen MR) is 48.5 cm³/mol. The Balaban J connectivity index is 2.48. The molecule has 0 saturated carbocycles. The number of rotatable bonds is 0. The molecular weight excluding hydrogens is 186 g/mol. The molecule has 1 rings (SSSR count). The number of amides is 1. The number of hydroxylamine groups is 2. The van der Waals surface area contributed by atoms with Crippen LogP contribution in [0.2, 0.25) is 0 Å². The highest BCUT2D eigenvalue weighted by molar-refractivity contribution is 5.84. The molecule has 80 valence electrons. The summed E-state index contributed by atoms with van der Waals surface area (Å²) in [5, 5.41) is 0.969. The Morgan fingerprint density at radius 3 is 2.64 bits per heavy atom. The van der Waals surface area contributed by atoms with Gasteiger partial charge in [-0.1, -0.05) is 0 Å². The summed E-state index contributed by atoms with van der Waals surface area (Å²) in [6.07, 6.45) is -0.246. The monoisotopic (exact) mass is 201 g/mol. The van der Waals surface area contributed by atoms with Gasteiger partial charge in [-0.05, 0) is 20.8 Å². The number of carbonyl (C=O) groups is 2. The van der Waals surface area contributed by atoms with Gasteiger partial charge in [0, 0.05) is 6.42 Å². The fourth-order valence-electron chi connectivity index (χ4n) is 0.985. The molecule has 0 radical (unpaired) electrons. The third-order valence-electron chi connectivity index (χ3n) is 1.55. The third-order valence-corrected chi connectivity index (χ3v) is 1.55. The number of hydrogen-bond acceptors (Lipinski definition) is 4. The number of carbonyl (C=O) groups excluding carboxylic acids is 2. The summed E-state index contributed by atoms with van der Waals surface area (Å²) in [7, 11) is 0. The van der Waals surface area contributed by atoms with Crippen molar-refractivity contribution in [1.82, 2.24) is 5.06 Å². The summed E-state index contributed by atoms with van der Waals surface area (Å²) in [5.41, 5.74) is -0.569. The second kappa shape index (κ2) is 3.96. The number of nitrogens with zero attached hydrogens (tertiary/aromatic N) is 1. The van der Waals surface area contributed by atoms with Crippen molar-refractivity contribution < 1.29 is 19.2 Å². The molecule has 1 aliphatic heterocycles. The molecule has 0 aromatic rings. The lowest BCUT2D eigenvalue weighted by Gasteiger charge is -2.28. The third kappa shape index (κ3) is 3.33. The molecule has 0 atom stereocenters. The van der Waals surface area contributed by atoms with Crippen molar-refractivity contribution in [1.29, 1.82) is 0 Å². The fourth-order valence-corrected chi connectivity index (χ4v) is 0.985. The number of ether oxygens (including phenoxy) is 1. The van der Waals surface area contributed by atoms with E-state index in [4.69, 9.17) is 9.57 Å². The zero-order valence-electron chi connectivity index (χ0n) is 8.70. The second-order valence-corrected chi connectivity index (χ2v) is 4.14. The van der Waals surface area contributed by atoms with Gasteiger partial charge in [0.25, 0.3) is 0 Å². The zero-order chi connectivity index (χ0) is 10.8. The first-order valence-corrected chi connectivity index (χ1v) is 4.53. The minimum absolute atomic E-state index is 0.0119. The predicted octanol–water partition coefficient (Wildman–Crippen LogP) is 1.13. The lowest BCUT2D eigenvalue weighted by Crippen LogP contribution is -2.43. The average molecular weight is 201 g/mol. The van der Waals surface area contributed by atoms with Crippen LogP contribution in [0.5, 0.6) is 0 Å². The van der Waals surface area contributed by atoms with Crippen LogP contribution < -0.4 is 0 Å². The largest absolute Gasteiger partial charge is 0.442 e. The Hall–Kier alpha value is -1.10. The summed E-state index contributed by atoms with van der Waals surface area (Å²) in [5.74, 6) is -0.0119. The SMILES string of the molecule is CC(C)(C)OC(=O)N1CC(=O)CCO1. The van der Waals surface area contributed by atoms with E-state index in [-0.39, 0.29) is 18.9 Å². The molecule has 0 aliphatic carbocycles. The highest BCUT2D eigenvalue weighted by Gasteiger charge is 2.27. The van der Waals surface area contributed by atoms with E-state index >= 15 is 0 Å². The van der Waals surface area contributed by atoms with E-state index in [0.717, 1.165) is 5.06 Å². The van der Waals surface area contributed by atoms with Crippen LogP contribution in [0, 0.1) is 0 Å². The lowest BCUT2D eigenvalue weighted by molar-refractivity contribution is -0.174. The van der Waals surface area contributed by atoms with Gasteiger partial charge in [0.05, 0.1) is 6.61 Å². The van der Waals surface area contributed by atoms with Crippen LogP contribution in [0.1, 0.15) is 27.2 Å². The van der Waals surface area contributed by atoms with Gasteiger partial charge in [0.15, 0.2) is 5.78 Å². The van der Waals surface area contributed by atoms with E-state index in [0.29, 0.717) is 6.42 Å². The lowest BCUT2D eigenvalue weighted by atomic mass is 10.2. The Morgan fingerprint density at radius 2 is 2.14 bits per heavy atom. The summed E-state index contributed by atoms with van der Waals surface area (Å²) >= 11 is 0. The van der Waals surface area contributed by atoms with Gasteiger partial charge in [0.2, 0.25) is 0 Å². The number of ketones is 1. The van der Waals surface area contributed by atoms with Crippen molar-refractivity contribution in [2.24, 2.45) is 0 Å². The molecule has 1 amide bonds. The van der Waals surface area contributed by atoms with E-state index in [2.05, 4.69) is 0 Å². The van der Waals surface area contributed by atoms with Crippen molar-refractivity contribution in [2.75, 3.05) is 13.2 Å². The molecule has 0 spiro atoms. The molecule has 0 bridgehead atoms. The van der Waals surface area contributed by atoms with Crippen LogP contribution in [0.3, 0.4) is 0 Å². The van der Waals surface area contributed by atoms with Crippen molar-refractivity contribution in [2.45, 2.75) is 32.8 Å². The van der Waals surface area contributed by atoms with Gasteiger partial charge in [0.1, 0.15) is 12.1 Å². The molecule has 1 heterocycles. The zero-order valence-corrected chi connectivity index (χ0v) is 8.70. The van der Waals surface area contributed by atoms with Gasteiger partial charge in [-0.2, -0.15) is 5.06 Å². The smallest absolute Gasteiger partial charge is 0.434 e. The fraction of sp³-hybridized carbons (Fsp3) is 0.778. The van der Waals surface area contributed by atoms with Gasteiger partial charge < -0.3 is 4.74 Å². The molecule has 1 saturated heterocycles. The number of hydrogen-bond donors (Lipinski definition) is 0. The quantitative estimate of drug-likeness (QED) is 0.589. The Morgan fingerprint density at radius 1 is 1.50 bits per heavy atom. The Kier molecular flexibility index (Phi) is 3.10. The summed E-state index contributed by atoms with van der Waals surface area (Å²) in [6.45, 7) is 5.51. The van der Waals surface area contributed by atoms with Crippen LogP contribution in [-0.4, -0.2) is 35.7 Å². The maximum absolute atomic E-state index is 11.4. The summed E-state index contributed by atoms with van der Waals surface area (Å²) in [4.78, 5) is 27.4. The number of Topliss-reactive ketones (excluding diaryl/α,β-unsaturated/α-hetero) is 1. The van der Waals surface area contributed by atoms with Gasteiger partial charge >= 0.3 is 6.09 Å². The molecule has 1 fully saturated rings. The van der Waals surface area contributed by atoms with E-state index in [9.17, 15) is 9.59 Å². The van der Waals surface area contributed by atoms with Crippen LogP contribution >= 0.6 is 0 Å². The topological polar surface area (TPSA) is 55.8 Å². The maximum Gasteiger partial charge on any atom is 0.434 e. The van der Waals surface area contributed by atoms with Crippen LogP contribution in [0.4, 0.5) is 4.79 Å². The molecule has 0 aromatic heterocycles. The molecule has 5 nitrogen and oxygen atoms in total. The normalized spacial score (nSPS) is 18.2. The average Bonchev–Trinajstić information content (AvgIpc) is 2.01. The molecule has 1 aliphatic rings. The minimum Gasteiger partial charge on any atom is -0.442 e. The maximum atomic E-state index is 11.4. The standard InChI is InChI=1S/C9H15NO4/c1-9(2,3)14-8(12)10-6-7(11)4-5-13-10/h4-6H2,1-3H3. The molecule has 0 N–H and O–H groups in total. The molecule has 0 aromatic carbocycles. The summed E-state index contributed by atoms with van der Waals surface area (Å²) < 4.78 is 5.04. The van der Waals surface area contributed by atoms with Crippen LogP contribution in [0.25, 0.3) is 0 Å². The first kappa shape index (κ1) is 11.0. The first-order chi connectivity index (χ1) is 6.38. The van der Waals surface area contributed by atoms with E-state index in [1.54, 1.807) is 20.8 Å². The van der Waals surface area contributed by atoms with E-state index in [1.165, 1.54) is 0 Å². The Bertz CT molecular complexity index is 244. The van der Waals surface area contributed by atoms with Crippen molar-refractivity contribution in [3.8, 4) is 0 Å². The minimum atomic E-state index is -0.606. The summed E-state index contributed by atoms with van der Waals surface area (Å²) in [6, 6.07) is 0. The molecule has 5 heteroatoms. The second-order valence-electron chi connectivity index (χ2n) is 4.14. The highest BCUT2D eigenvalue weighted by atomic mass is 16.7. The van der Waals surface area contributed by atoms with E-state index < -0.39 is 11.7 Å². The van der Waals surface area contributed by atoms with Gasteiger partial charge in [-0.15, -0.1) is 0 Å². The van der Waals surface area contributed by atoms with Gasteiger partial charge in [-0.25, -0.2) is 4.79 Å². The Labute approximate surface area is 82.9 Å².